The zero-order valence-electron chi connectivity index (χ0n) is 12.6. The Kier molecular flexibility index (Phi) is 4.27. The molecule has 4 nitrogen and oxygen atoms in total. The van der Waals surface area contributed by atoms with Gasteiger partial charge >= 0.3 is 0 Å². The standard InChI is InChI=1S/C17H24N2O2/c1-12-11-21-16(9-18)10-19(12)17(20)15-7-6-13-4-2-3-5-14(13)8-15/h2-5,12,15-16H,6-11,18H2,1H3. The number of hydrogen-bond acceptors (Lipinski definition) is 3. The fourth-order valence-electron chi connectivity index (χ4n) is 3.41. The van der Waals surface area contributed by atoms with Crippen LogP contribution in [0, 0.1) is 5.92 Å². The van der Waals surface area contributed by atoms with Gasteiger partial charge in [0, 0.05) is 19.0 Å². The molecule has 114 valence electrons. The van der Waals surface area contributed by atoms with Crippen LogP contribution in [0.4, 0.5) is 0 Å². The molecule has 0 aromatic heterocycles. The van der Waals surface area contributed by atoms with Crippen molar-refractivity contribution in [1.82, 2.24) is 4.90 Å². The van der Waals surface area contributed by atoms with E-state index in [1.165, 1.54) is 11.1 Å². The lowest BCUT2D eigenvalue weighted by atomic mass is 9.83. The largest absolute Gasteiger partial charge is 0.373 e. The van der Waals surface area contributed by atoms with Crippen molar-refractivity contribution in [2.24, 2.45) is 11.7 Å². The van der Waals surface area contributed by atoms with Crippen molar-refractivity contribution in [2.75, 3.05) is 19.7 Å². The lowest BCUT2D eigenvalue weighted by Crippen LogP contribution is -2.54. The molecular formula is C17H24N2O2. The van der Waals surface area contributed by atoms with Gasteiger partial charge in [-0.1, -0.05) is 24.3 Å². The molecule has 1 amide bonds. The fourth-order valence-corrected chi connectivity index (χ4v) is 3.41. The monoisotopic (exact) mass is 288 g/mol. The van der Waals surface area contributed by atoms with E-state index in [1.54, 1.807) is 0 Å². The maximum atomic E-state index is 12.9. The van der Waals surface area contributed by atoms with E-state index >= 15 is 0 Å². The van der Waals surface area contributed by atoms with E-state index < -0.39 is 0 Å². The molecule has 1 aromatic rings. The molecule has 3 atom stereocenters. The highest BCUT2D eigenvalue weighted by molar-refractivity contribution is 5.80. The number of ether oxygens (including phenoxy) is 1. The van der Waals surface area contributed by atoms with Crippen LogP contribution in [0.1, 0.15) is 24.5 Å². The second-order valence-electron chi connectivity index (χ2n) is 6.24. The third-order valence-corrected chi connectivity index (χ3v) is 4.75. The zero-order chi connectivity index (χ0) is 14.8. The first-order chi connectivity index (χ1) is 10.2. The maximum absolute atomic E-state index is 12.9. The average Bonchev–Trinajstić information content (AvgIpc) is 2.54. The van der Waals surface area contributed by atoms with Crippen LogP contribution in [-0.2, 0) is 22.4 Å². The number of hydrogen-bond donors (Lipinski definition) is 1. The van der Waals surface area contributed by atoms with E-state index in [-0.39, 0.29) is 24.0 Å². The zero-order valence-corrected chi connectivity index (χ0v) is 12.6. The summed E-state index contributed by atoms with van der Waals surface area (Å²) in [6, 6.07) is 8.63. The molecule has 3 unspecified atom stereocenters. The van der Waals surface area contributed by atoms with Gasteiger partial charge < -0.3 is 15.4 Å². The third kappa shape index (κ3) is 2.97. The van der Waals surface area contributed by atoms with Crippen LogP contribution in [0.5, 0.6) is 0 Å². The number of nitrogens with zero attached hydrogens (tertiary/aromatic N) is 1. The number of rotatable bonds is 2. The van der Waals surface area contributed by atoms with Crippen LogP contribution < -0.4 is 5.73 Å². The summed E-state index contributed by atoms with van der Waals surface area (Å²) < 4.78 is 5.64. The summed E-state index contributed by atoms with van der Waals surface area (Å²) in [7, 11) is 0. The Labute approximate surface area is 126 Å². The van der Waals surface area contributed by atoms with Gasteiger partial charge in [-0.2, -0.15) is 0 Å². The molecule has 2 aliphatic rings. The number of fused-ring (bicyclic) bond motifs is 1. The van der Waals surface area contributed by atoms with Crippen molar-refractivity contribution >= 4 is 5.91 Å². The van der Waals surface area contributed by atoms with Gasteiger partial charge in [-0.3, -0.25) is 4.79 Å². The smallest absolute Gasteiger partial charge is 0.226 e. The first-order valence-corrected chi connectivity index (χ1v) is 7.88. The number of amides is 1. The number of morpholine rings is 1. The van der Waals surface area contributed by atoms with Crippen molar-refractivity contribution in [3.63, 3.8) is 0 Å². The Hall–Kier alpha value is -1.39. The van der Waals surface area contributed by atoms with Crippen LogP contribution in [0.2, 0.25) is 0 Å². The lowest BCUT2D eigenvalue weighted by molar-refractivity contribution is -0.148. The normalized spacial score (nSPS) is 29.0. The van der Waals surface area contributed by atoms with Gasteiger partial charge in [0.1, 0.15) is 0 Å². The van der Waals surface area contributed by atoms with Crippen LogP contribution >= 0.6 is 0 Å². The first kappa shape index (κ1) is 14.5. The molecule has 0 spiro atoms. The molecule has 1 aromatic carbocycles. The molecule has 0 radical (unpaired) electrons. The number of aryl methyl sites for hydroxylation is 1. The summed E-state index contributed by atoms with van der Waals surface area (Å²) in [6.07, 6.45) is 2.81. The van der Waals surface area contributed by atoms with E-state index in [1.807, 2.05) is 4.90 Å². The van der Waals surface area contributed by atoms with Gasteiger partial charge in [0.25, 0.3) is 0 Å². The van der Waals surface area contributed by atoms with Gasteiger partial charge in [0.2, 0.25) is 5.91 Å². The molecule has 3 rings (SSSR count). The second-order valence-corrected chi connectivity index (χ2v) is 6.24. The van der Waals surface area contributed by atoms with Gasteiger partial charge in [-0.25, -0.2) is 0 Å². The number of carbonyl (C=O) groups is 1. The van der Waals surface area contributed by atoms with Crippen LogP contribution in [0.3, 0.4) is 0 Å². The molecule has 2 N–H and O–H groups in total. The minimum Gasteiger partial charge on any atom is -0.373 e. The highest BCUT2D eigenvalue weighted by atomic mass is 16.5. The molecule has 21 heavy (non-hydrogen) atoms. The Morgan fingerprint density at radius 2 is 2.14 bits per heavy atom. The van der Waals surface area contributed by atoms with Crippen LogP contribution in [0.25, 0.3) is 0 Å². The molecule has 0 bridgehead atoms. The molecule has 1 aliphatic heterocycles. The Morgan fingerprint density at radius 3 is 2.90 bits per heavy atom. The Morgan fingerprint density at radius 1 is 1.38 bits per heavy atom. The van der Waals surface area contributed by atoms with E-state index in [9.17, 15) is 4.79 Å². The first-order valence-electron chi connectivity index (χ1n) is 7.88. The van der Waals surface area contributed by atoms with E-state index in [0.29, 0.717) is 19.7 Å². The third-order valence-electron chi connectivity index (χ3n) is 4.75. The van der Waals surface area contributed by atoms with Gasteiger partial charge in [0.15, 0.2) is 0 Å². The quantitative estimate of drug-likeness (QED) is 0.894. The summed E-state index contributed by atoms with van der Waals surface area (Å²) in [5.41, 5.74) is 8.42. The topological polar surface area (TPSA) is 55.6 Å². The summed E-state index contributed by atoms with van der Waals surface area (Å²) in [5, 5.41) is 0. The number of nitrogens with two attached hydrogens (primary N) is 1. The highest BCUT2D eigenvalue weighted by Crippen LogP contribution is 2.28. The summed E-state index contributed by atoms with van der Waals surface area (Å²) in [4.78, 5) is 14.9. The summed E-state index contributed by atoms with van der Waals surface area (Å²) in [6.45, 7) is 3.76. The molecule has 1 heterocycles. The second kappa shape index (κ2) is 6.16. The van der Waals surface area contributed by atoms with Crippen molar-refractivity contribution in [3.05, 3.63) is 35.4 Å². The van der Waals surface area contributed by atoms with E-state index in [0.717, 1.165) is 19.3 Å². The van der Waals surface area contributed by atoms with Crippen molar-refractivity contribution < 1.29 is 9.53 Å². The van der Waals surface area contributed by atoms with Crippen molar-refractivity contribution in [1.29, 1.82) is 0 Å². The molecular weight excluding hydrogens is 264 g/mol. The minimum absolute atomic E-state index is 0.0129. The van der Waals surface area contributed by atoms with Gasteiger partial charge in [0.05, 0.1) is 18.8 Å². The van der Waals surface area contributed by atoms with Gasteiger partial charge in [-0.15, -0.1) is 0 Å². The van der Waals surface area contributed by atoms with E-state index in [2.05, 4.69) is 31.2 Å². The Balaban J connectivity index is 1.71. The minimum atomic E-state index is -0.0129. The molecule has 1 fully saturated rings. The van der Waals surface area contributed by atoms with Crippen LogP contribution in [-0.4, -0.2) is 42.6 Å². The average molecular weight is 288 g/mol. The number of carbonyl (C=O) groups excluding carboxylic acids is 1. The fraction of sp³-hybridized carbons (Fsp3) is 0.588. The predicted molar refractivity (Wildman–Crippen MR) is 81.9 cm³/mol. The molecule has 0 saturated carbocycles. The van der Waals surface area contributed by atoms with E-state index in [4.69, 9.17) is 10.5 Å². The predicted octanol–water partition coefficient (Wildman–Crippen LogP) is 1.37. The highest BCUT2D eigenvalue weighted by Gasteiger charge is 2.34. The van der Waals surface area contributed by atoms with Crippen LogP contribution in [0.15, 0.2) is 24.3 Å². The van der Waals surface area contributed by atoms with Crippen molar-refractivity contribution in [2.45, 2.75) is 38.3 Å². The van der Waals surface area contributed by atoms with Crippen molar-refractivity contribution in [3.8, 4) is 0 Å². The van der Waals surface area contributed by atoms with Gasteiger partial charge in [-0.05, 0) is 37.3 Å². The summed E-state index contributed by atoms with van der Waals surface area (Å²) in [5.74, 6) is 0.387. The lowest BCUT2D eigenvalue weighted by Gasteiger charge is -2.40. The SMILES string of the molecule is CC1COC(CN)CN1C(=O)C1CCc2ccccc2C1. The molecule has 1 saturated heterocycles. The molecule has 4 heteroatoms. The number of benzene rings is 1. The Bertz CT molecular complexity index is 517. The maximum Gasteiger partial charge on any atom is 0.226 e. The molecule has 1 aliphatic carbocycles. The summed E-state index contributed by atoms with van der Waals surface area (Å²) >= 11 is 0.